The second-order valence-electron chi connectivity index (χ2n) is 8.24. The van der Waals surface area contributed by atoms with Crippen LogP contribution in [-0.4, -0.2) is 40.5 Å². The molecule has 1 amide bonds. The van der Waals surface area contributed by atoms with E-state index in [1.807, 2.05) is 6.92 Å². The van der Waals surface area contributed by atoms with Crippen molar-refractivity contribution in [2.75, 3.05) is 6.54 Å². The zero-order chi connectivity index (χ0) is 25.0. The molecule has 0 radical (unpaired) electrons. The number of hydrogen-bond acceptors (Lipinski definition) is 4. The third-order valence-electron chi connectivity index (χ3n) is 5.16. The van der Waals surface area contributed by atoms with Gasteiger partial charge in [0.15, 0.2) is 0 Å². The molecule has 33 heavy (non-hydrogen) atoms. The van der Waals surface area contributed by atoms with Gasteiger partial charge in [-0.1, -0.05) is 44.2 Å². The molecule has 1 unspecified atom stereocenters. The number of rotatable bonds is 9. The molecule has 5 nitrogen and oxygen atoms in total. The first-order chi connectivity index (χ1) is 15.3. The molecule has 2 aromatic rings. The number of nitrogens with two attached hydrogens (primary N) is 1. The fraction of sp³-hybridized carbons (Fsp3) is 0.435. The van der Waals surface area contributed by atoms with Crippen LogP contribution in [0.1, 0.15) is 37.4 Å². The van der Waals surface area contributed by atoms with Gasteiger partial charge in [-0.2, -0.15) is 27.2 Å². The zero-order valence-corrected chi connectivity index (χ0v) is 18.4. The number of amides is 1. The number of carbonyl (C=O) groups excluding carboxylic acids is 1. The van der Waals surface area contributed by atoms with Crippen LogP contribution in [0.5, 0.6) is 0 Å². The summed E-state index contributed by atoms with van der Waals surface area (Å²) >= 11 is 0. The number of alkyl halides is 5. The molecule has 2 atom stereocenters. The molecule has 0 aliphatic carbocycles. The van der Waals surface area contributed by atoms with Crippen LogP contribution in [0.15, 0.2) is 42.6 Å². The average molecular weight is 468 g/mol. The monoisotopic (exact) mass is 468 g/mol. The number of aromatic nitrogens is 1. The Labute approximate surface area is 189 Å². The van der Waals surface area contributed by atoms with Gasteiger partial charge >= 0.3 is 12.1 Å². The van der Waals surface area contributed by atoms with Crippen molar-refractivity contribution in [1.82, 2.24) is 9.88 Å². The Morgan fingerprint density at radius 3 is 2.15 bits per heavy atom. The standard InChI is InChI=1S/C23H25F5N4O/c1-14(2)12-19(21(30)33)32(11-10-29)20(22(24,25)23(26,27)28)17-7-5-16(6-8-17)18-9-4-15(3)13-31-18/h4-9,13-14,19-20H,11-12H2,1-3H3,(H2,30,33)/t19?,20-/m0/s1. The van der Waals surface area contributed by atoms with Gasteiger partial charge in [-0.3, -0.25) is 14.7 Å². The largest absolute Gasteiger partial charge is 0.455 e. The number of carbonyl (C=O) groups is 1. The van der Waals surface area contributed by atoms with Crippen molar-refractivity contribution in [3.8, 4) is 17.3 Å². The molecule has 178 valence electrons. The highest BCUT2D eigenvalue weighted by atomic mass is 19.4. The second kappa shape index (κ2) is 10.3. The maximum atomic E-state index is 14.8. The third kappa shape index (κ3) is 6.05. The molecule has 1 heterocycles. The number of benzene rings is 1. The maximum Gasteiger partial charge on any atom is 0.455 e. The lowest BCUT2D eigenvalue weighted by molar-refractivity contribution is -0.306. The molecule has 2 rings (SSSR count). The van der Waals surface area contributed by atoms with Gasteiger partial charge in [0.2, 0.25) is 5.91 Å². The number of aryl methyl sites for hydroxylation is 1. The molecule has 0 aliphatic rings. The van der Waals surface area contributed by atoms with Crippen LogP contribution in [-0.2, 0) is 4.79 Å². The molecule has 0 saturated carbocycles. The van der Waals surface area contributed by atoms with Crippen molar-refractivity contribution >= 4 is 5.91 Å². The van der Waals surface area contributed by atoms with Gasteiger partial charge in [-0.25, -0.2) is 0 Å². The van der Waals surface area contributed by atoms with Crippen LogP contribution < -0.4 is 5.73 Å². The maximum absolute atomic E-state index is 14.8. The number of primary amides is 1. The van der Waals surface area contributed by atoms with Crippen LogP contribution >= 0.6 is 0 Å². The first kappa shape index (κ1) is 26.2. The van der Waals surface area contributed by atoms with Crippen LogP contribution in [0.3, 0.4) is 0 Å². The smallest absolute Gasteiger partial charge is 0.368 e. The van der Waals surface area contributed by atoms with E-state index < -0.39 is 42.2 Å². The summed E-state index contributed by atoms with van der Waals surface area (Å²) < 4.78 is 70.2. The van der Waals surface area contributed by atoms with E-state index in [4.69, 9.17) is 5.73 Å². The molecule has 1 aromatic carbocycles. The van der Waals surface area contributed by atoms with E-state index in [1.54, 1.807) is 38.2 Å². The highest BCUT2D eigenvalue weighted by Gasteiger charge is 2.65. The van der Waals surface area contributed by atoms with E-state index in [9.17, 15) is 32.0 Å². The molecule has 2 N–H and O–H groups in total. The summed E-state index contributed by atoms with van der Waals surface area (Å²) in [4.78, 5) is 16.8. The molecule has 0 bridgehead atoms. The van der Waals surface area contributed by atoms with E-state index in [2.05, 4.69) is 4.98 Å². The fourth-order valence-corrected chi connectivity index (χ4v) is 3.56. The van der Waals surface area contributed by atoms with Crippen molar-refractivity contribution in [1.29, 1.82) is 5.26 Å². The molecule has 0 saturated heterocycles. The lowest BCUT2D eigenvalue weighted by Crippen LogP contribution is -2.56. The predicted molar refractivity (Wildman–Crippen MR) is 113 cm³/mol. The molecule has 1 aromatic heterocycles. The van der Waals surface area contributed by atoms with Gasteiger partial charge in [0.05, 0.1) is 24.3 Å². The summed E-state index contributed by atoms with van der Waals surface area (Å²) in [7, 11) is 0. The van der Waals surface area contributed by atoms with Gasteiger partial charge in [-0.05, 0) is 36.5 Å². The Kier molecular flexibility index (Phi) is 8.14. The molecule has 0 fully saturated rings. The fourth-order valence-electron chi connectivity index (χ4n) is 3.56. The van der Waals surface area contributed by atoms with Crippen molar-refractivity contribution in [2.24, 2.45) is 11.7 Å². The van der Waals surface area contributed by atoms with Crippen molar-refractivity contribution in [3.05, 3.63) is 53.7 Å². The van der Waals surface area contributed by atoms with Gasteiger partial charge in [0, 0.05) is 11.8 Å². The Morgan fingerprint density at radius 2 is 1.73 bits per heavy atom. The van der Waals surface area contributed by atoms with Crippen molar-refractivity contribution in [3.63, 3.8) is 0 Å². The van der Waals surface area contributed by atoms with E-state index in [-0.39, 0.29) is 12.3 Å². The van der Waals surface area contributed by atoms with Gasteiger partial charge < -0.3 is 5.73 Å². The number of hydrogen-bond donors (Lipinski definition) is 1. The topological polar surface area (TPSA) is 83.0 Å². The van der Waals surface area contributed by atoms with E-state index in [0.29, 0.717) is 16.2 Å². The Hall–Kier alpha value is -3.06. The molecular formula is C23H25F5N4O. The Balaban J connectivity index is 2.63. The minimum atomic E-state index is -5.93. The Morgan fingerprint density at radius 1 is 1.12 bits per heavy atom. The molecule has 0 spiro atoms. The van der Waals surface area contributed by atoms with Crippen molar-refractivity contribution < 1.29 is 26.7 Å². The minimum absolute atomic E-state index is 0.0905. The van der Waals surface area contributed by atoms with Crippen LogP contribution in [0.4, 0.5) is 22.0 Å². The number of nitriles is 1. The first-order valence-electron chi connectivity index (χ1n) is 10.2. The highest BCUT2D eigenvalue weighted by Crippen LogP contribution is 2.48. The minimum Gasteiger partial charge on any atom is -0.368 e. The lowest BCUT2D eigenvalue weighted by atomic mass is 9.92. The third-order valence-corrected chi connectivity index (χ3v) is 5.16. The zero-order valence-electron chi connectivity index (χ0n) is 18.4. The Bertz CT molecular complexity index is 982. The average Bonchev–Trinajstić information content (AvgIpc) is 2.71. The summed E-state index contributed by atoms with van der Waals surface area (Å²) in [6, 6.07) is 5.95. The van der Waals surface area contributed by atoms with Crippen LogP contribution in [0, 0.1) is 24.2 Å². The SMILES string of the molecule is Cc1ccc(-c2ccc([C@H](N(CC#N)C(CC(C)C)C(N)=O)C(F)(F)C(F)(F)F)cc2)nc1. The molecule has 10 heteroatoms. The summed E-state index contributed by atoms with van der Waals surface area (Å²) in [5.41, 5.74) is 6.88. The number of halogens is 5. The normalized spacial score (nSPS) is 14.2. The molecule has 0 aliphatic heterocycles. The van der Waals surface area contributed by atoms with Gasteiger partial charge in [0.25, 0.3) is 0 Å². The highest BCUT2D eigenvalue weighted by molar-refractivity contribution is 5.80. The van der Waals surface area contributed by atoms with Gasteiger partial charge in [0.1, 0.15) is 6.04 Å². The van der Waals surface area contributed by atoms with Crippen LogP contribution in [0.25, 0.3) is 11.3 Å². The van der Waals surface area contributed by atoms with E-state index in [0.717, 1.165) is 17.7 Å². The summed E-state index contributed by atoms with van der Waals surface area (Å²) in [6.07, 6.45) is -4.42. The number of pyridine rings is 1. The number of nitrogens with zero attached hydrogens (tertiary/aromatic N) is 3. The quantitative estimate of drug-likeness (QED) is 0.414. The van der Waals surface area contributed by atoms with Crippen LogP contribution in [0.2, 0.25) is 0 Å². The van der Waals surface area contributed by atoms with E-state index >= 15 is 0 Å². The molecular weight excluding hydrogens is 443 g/mol. The first-order valence-corrected chi connectivity index (χ1v) is 10.2. The van der Waals surface area contributed by atoms with Gasteiger partial charge in [-0.15, -0.1) is 0 Å². The summed E-state index contributed by atoms with van der Waals surface area (Å²) in [5.74, 6) is -6.60. The summed E-state index contributed by atoms with van der Waals surface area (Å²) in [6.45, 7) is 4.32. The van der Waals surface area contributed by atoms with E-state index in [1.165, 1.54) is 12.1 Å². The lowest BCUT2D eigenvalue weighted by Gasteiger charge is -2.40. The van der Waals surface area contributed by atoms with Crippen molar-refractivity contribution in [2.45, 2.75) is 51.4 Å². The second-order valence-corrected chi connectivity index (χ2v) is 8.24. The summed E-state index contributed by atoms with van der Waals surface area (Å²) in [5, 5.41) is 9.20. The predicted octanol–water partition coefficient (Wildman–Crippen LogP) is 5.02.